The molecule has 4 heteroatoms. The lowest BCUT2D eigenvalue weighted by atomic mass is 10.4. The fraction of sp³-hybridized carbons (Fsp3) is 0.143. The monoisotopic (exact) mass is 148 g/mol. The number of nitrogens with one attached hydrogen (secondary N) is 1. The molecule has 0 amide bonds. The van der Waals surface area contributed by atoms with Gasteiger partial charge in [-0.25, -0.2) is 9.78 Å². The fourth-order valence-electron chi connectivity index (χ4n) is 0.999. The van der Waals surface area contributed by atoms with E-state index >= 15 is 0 Å². The maximum absolute atomic E-state index is 11.0. The molecule has 0 unspecified atom stereocenters. The fourth-order valence-corrected chi connectivity index (χ4v) is 0.999. The van der Waals surface area contributed by atoms with Crippen LogP contribution in [0.15, 0.2) is 17.1 Å². The van der Waals surface area contributed by atoms with E-state index in [9.17, 15) is 4.79 Å². The van der Waals surface area contributed by atoms with Gasteiger partial charge in [-0.15, -0.1) is 0 Å². The van der Waals surface area contributed by atoms with Crippen LogP contribution in [0.5, 0.6) is 0 Å². The molecule has 0 bridgehead atoms. The molecule has 0 saturated carbocycles. The molecule has 55 valence electrons. The van der Waals surface area contributed by atoms with E-state index < -0.39 is 0 Å². The molecule has 0 atom stereocenters. The number of H-pyrrole nitrogens is 1. The summed E-state index contributed by atoms with van der Waals surface area (Å²) in [5, 5.41) is 0. The summed E-state index contributed by atoms with van der Waals surface area (Å²) in [6.07, 6.45) is 1.53. The largest absolute Gasteiger partial charge is 0.327 e. The number of rotatable bonds is 0. The predicted octanol–water partition coefficient (Wildman–Crippen LogP) is 0.0618. The van der Waals surface area contributed by atoms with Crippen molar-refractivity contribution in [1.29, 1.82) is 0 Å². The van der Waals surface area contributed by atoms with Crippen LogP contribution in [0, 0.1) is 6.07 Å². The molecule has 4 nitrogen and oxygen atoms in total. The minimum atomic E-state index is -0.146. The third kappa shape index (κ3) is 0.756. The van der Waals surface area contributed by atoms with E-state index in [1.807, 2.05) is 0 Å². The highest BCUT2D eigenvalue weighted by atomic mass is 16.1. The van der Waals surface area contributed by atoms with Gasteiger partial charge in [-0.3, -0.25) is 9.55 Å². The maximum Gasteiger partial charge on any atom is 0.327 e. The van der Waals surface area contributed by atoms with Gasteiger partial charge in [-0.2, -0.15) is 0 Å². The molecule has 2 aromatic rings. The van der Waals surface area contributed by atoms with Crippen LogP contribution in [-0.2, 0) is 7.05 Å². The molecule has 0 fully saturated rings. The van der Waals surface area contributed by atoms with Crippen LogP contribution < -0.4 is 5.69 Å². The molecule has 11 heavy (non-hydrogen) atoms. The van der Waals surface area contributed by atoms with Gasteiger partial charge in [0.25, 0.3) is 0 Å². The van der Waals surface area contributed by atoms with Crippen molar-refractivity contribution in [3.05, 3.63) is 28.8 Å². The first kappa shape index (κ1) is 6.15. The first-order valence-electron chi connectivity index (χ1n) is 3.20. The zero-order valence-corrected chi connectivity index (χ0v) is 5.96. The van der Waals surface area contributed by atoms with E-state index in [-0.39, 0.29) is 5.69 Å². The molecular weight excluding hydrogens is 142 g/mol. The highest BCUT2D eigenvalue weighted by Crippen LogP contribution is 2.02. The number of hydrogen-bond acceptors (Lipinski definition) is 2. The van der Waals surface area contributed by atoms with Crippen molar-refractivity contribution in [2.75, 3.05) is 0 Å². The van der Waals surface area contributed by atoms with Gasteiger partial charge in [0.2, 0.25) is 0 Å². The topological polar surface area (TPSA) is 50.7 Å². The summed E-state index contributed by atoms with van der Waals surface area (Å²) in [5.74, 6) is 0. The maximum atomic E-state index is 11.0. The molecule has 2 heterocycles. The Kier molecular flexibility index (Phi) is 1.09. The normalized spacial score (nSPS) is 10.6. The number of aromatic amines is 1. The first-order chi connectivity index (χ1) is 5.29. The second kappa shape index (κ2) is 1.95. The molecular formula is C7H6N3O. The number of imidazole rings is 1. The molecule has 2 rings (SSSR count). The van der Waals surface area contributed by atoms with E-state index in [1.165, 1.54) is 10.8 Å². The zero-order valence-electron chi connectivity index (χ0n) is 5.96. The SMILES string of the molecule is Cn1c(=O)[nH]c2nc[c]cc21. The Bertz CT molecular complexity index is 440. The Labute approximate surface area is 62.5 Å². The summed E-state index contributed by atoms with van der Waals surface area (Å²) in [4.78, 5) is 17.5. The molecule has 0 saturated heterocycles. The summed E-state index contributed by atoms with van der Waals surface area (Å²) in [5.41, 5.74) is 1.24. The molecule has 1 N–H and O–H groups in total. The van der Waals surface area contributed by atoms with E-state index in [0.29, 0.717) is 5.65 Å². The van der Waals surface area contributed by atoms with Crippen molar-refractivity contribution in [3.63, 3.8) is 0 Å². The van der Waals surface area contributed by atoms with Crippen LogP contribution in [0.25, 0.3) is 11.2 Å². The van der Waals surface area contributed by atoms with E-state index in [2.05, 4.69) is 16.0 Å². The van der Waals surface area contributed by atoms with Gasteiger partial charge in [-0.1, -0.05) is 0 Å². The minimum absolute atomic E-state index is 0.146. The summed E-state index contributed by atoms with van der Waals surface area (Å²) in [7, 11) is 1.69. The van der Waals surface area contributed by atoms with Gasteiger partial charge in [0, 0.05) is 19.3 Å². The highest BCUT2D eigenvalue weighted by Gasteiger charge is 2.00. The van der Waals surface area contributed by atoms with Gasteiger partial charge in [-0.05, 0) is 6.07 Å². The van der Waals surface area contributed by atoms with Crippen LogP contribution in [0.2, 0.25) is 0 Å². The summed E-state index contributed by atoms with van der Waals surface area (Å²) in [6.45, 7) is 0. The summed E-state index contributed by atoms with van der Waals surface area (Å²) >= 11 is 0. The highest BCUT2D eigenvalue weighted by molar-refractivity contribution is 5.69. The second-order valence-electron chi connectivity index (χ2n) is 2.29. The number of pyridine rings is 1. The second-order valence-corrected chi connectivity index (χ2v) is 2.29. The molecule has 0 spiro atoms. The number of aromatic nitrogens is 3. The lowest BCUT2D eigenvalue weighted by molar-refractivity contribution is 0.891. The van der Waals surface area contributed by atoms with Crippen molar-refractivity contribution in [2.24, 2.45) is 7.05 Å². The number of hydrogen-bond donors (Lipinski definition) is 1. The lowest BCUT2D eigenvalue weighted by Crippen LogP contribution is -2.11. The molecule has 0 aromatic carbocycles. The minimum Gasteiger partial charge on any atom is -0.294 e. The van der Waals surface area contributed by atoms with Crippen LogP contribution in [0.4, 0.5) is 0 Å². The van der Waals surface area contributed by atoms with Crippen molar-refractivity contribution in [2.45, 2.75) is 0 Å². The van der Waals surface area contributed by atoms with Gasteiger partial charge in [0.1, 0.15) is 0 Å². The van der Waals surface area contributed by atoms with E-state index in [0.717, 1.165) is 5.52 Å². The van der Waals surface area contributed by atoms with Crippen LogP contribution in [-0.4, -0.2) is 14.5 Å². The summed E-state index contributed by atoms with van der Waals surface area (Å²) in [6, 6.07) is 4.52. The van der Waals surface area contributed by atoms with Crippen LogP contribution >= 0.6 is 0 Å². The van der Waals surface area contributed by atoms with Crippen molar-refractivity contribution in [1.82, 2.24) is 14.5 Å². The molecule has 0 aliphatic carbocycles. The number of fused-ring (bicyclic) bond motifs is 1. The first-order valence-corrected chi connectivity index (χ1v) is 3.20. The third-order valence-electron chi connectivity index (χ3n) is 1.62. The van der Waals surface area contributed by atoms with E-state index in [1.54, 1.807) is 13.1 Å². The Balaban J connectivity index is 3.04. The van der Waals surface area contributed by atoms with E-state index in [4.69, 9.17) is 0 Å². The molecule has 2 aromatic heterocycles. The number of nitrogens with zero attached hydrogens (tertiary/aromatic N) is 2. The van der Waals surface area contributed by atoms with Crippen molar-refractivity contribution < 1.29 is 0 Å². The van der Waals surface area contributed by atoms with Crippen LogP contribution in [0.1, 0.15) is 0 Å². The third-order valence-corrected chi connectivity index (χ3v) is 1.62. The average molecular weight is 148 g/mol. The Hall–Kier alpha value is -1.58. The van der Waals surface area contributed by atoms with Gasteiger partial charge in [0.05, 0.1) is 5.52 Å². The predicted molar refractivity (Wildman–Crippen MR) is 40.2 cm³/mol. The van der Waals surface area contributed by atoms with Gasteiger partial charge >= 0.3 is 5.69 Å². The van der Waals surface area contributed by atoms with Gasteiger partial charge < -0.3 is 0 Å². The Morgan fingerprint density at radius 3 is 3.27 bits per heavy atom. The molecule has 1 radical (unpaired) electrons. The standard InChI is InChI=1S/C7H6N3O/c1-10-5-3-2-4-8-6(5)9-7(10)11/h3-4H,1H3,(H,8,9,11). The van der Waals surface area contributed by atoms with Crippen molar-refractivity contribution in [3.8, 4) is 0 Å². The lowest BCUT2D eigenvalue weighted by Gasteiger charge is -1.88. The van der Waals surface area contributed by atoms with Gasteiger partial charge in [0.15, 0.2) is 5.65 Å². The Morgan fingerprint density at radius 1 is 1.73 bits per heavy atom. The molecule has 0 aliphatic heterocycles. The number of aryl methyl sites for hydroxylation is 1. The quantitative estimate of drug-likeness (QED) is 0.574. The van der Waals surface area contributed by atoms with Crippen molar-refractivity contribution >= 4 is 11.2 Å². The summed E-state index contributed by atoms with van der Waals surface area (Å²) < 4.78 is 1.50. The molecule has 0 aliphatic rings. The smallest absolute Gasteiger partial charge is 0.294 e. The zero-order chi connectivity index (χ0) is 7.84. The Morgan fingerprint density at radius 2 is 2.55 bits per heavy atom. The van der Waals surface area contributed by atoms with Crippen LogP contribution in [0.3, 0.4) is 0 Å². The average Bonchev–Trinajstić information content (AvgIpc) is 2.30.